The van der Waals surface area contributed by atoms with E-state index in [4.69, 9.17) is 0 Å². The second-order valence-electron chi connectivity index (χ2n) is 6.31. The molecule has 2 fully saturated rings. The monoisotopic (exact) mass is 336 g/mol. The Hall–Kier alpha value is -1.60. The van der Waals surface area contributed by atoms with Crippen molar-refractivity contribution in [3.63, 3.8) is 0 Å². The molecule has 126 valence electrons. The molecule has 2 aliphatic rings. The number of carbonyl (C=O) groups is 2. The number of nitrogens with one attached hydrogen (secondary N) is 1. The predicted octanol–water partition coefficient (Wildman–Crippen LogP) is 1.37. The van der Waals surface area contributed by atoms with E-state index in [2.05, 4.69) is 34.0 Å². The topological polar surface area (TPSA) is 55.9 Å². The molecule has 2 unspecified atom stereocenters. The maximum Gasteiger partial charge on any atom is 0.318 e. The van der Waals surface area contributed by atoms with Crippen LogP contribution in [0.25, 0.3) is 0 Å². The van der Waals surface area contributed by atoms with Gasteiger partial charge in [0.25, 0.3) is 0 Å². The maximum absolute atomic E-state index is 12.3. The van der Waals surface area contributed by atoms with Crippen LogP contribution in [-0.4, -0.2) is 72.5 Å². The van der Waals surface area contributed by atoms with Crippen molar-refractivity contribution < 1.29 is 9.59 Å². The summed E-state index contributed by atoms with van der Waals surface area (Å²) in [5.41, 5.74) is 1.34. The summed E-state index contributed by atoms with van der Waals surface area (Å²) in [6, 6.07) is 2.09. The number of likely N-dealkylation sites (tertiary alicyclic amines) is 1. The fourth-order valence-corrected chi connectivity index (χ4v) is 3.98. The van der Waals surface area contributed by atoms with Crippen LogP contribution in [-0.2, 0) is 4.79 Å². The van der Waals surface area contributed by atoms with Gasteiger partial charge >= 0.3 is 6.03 Å². The summed E-state index contributed by atoms with van der Waals surface area (Å²) in [6.07, 6.45) is 0.705. The van der Waals surface area contributed by atoms with Crippen LogP contribution in [0.1, 0.15) is 24.9 Å². The molecule has 2 saturated heterocycles. The average molecular weight is 336 g/mol. The lowest BCUT2D eigenvalue weighted by atomic mass is 10.1. The first-order valence-corrected chi connectivity index (χ1v) is 9.07. The molecule has 0 radical (unpaired) electrons. The van der Waals surface area contributed by atoms with Crippen LogP contribution >= 0.6 is 11.3 Å². The van der Waals surface area contributed by atoms with E-state index in [9.17, 15) is 9.59 Å². The Morgan fingerprint density at radius 1 is 1.30 bits per heavy atom. The molecule has 1 aromatic heterocycles. The van der Waals surface area contributed by atoms with Crippen molar-refractivity contribution in [2.24, 2.45) is 0 Å². The number of thiophene rings is 1. The minimum Gasteiger partial charge on any atom is -0.344 e. The first-order chi connectivity index (χ1) is 11.1. The molecule has 2 atom stereocenters. The van der Waals surface area contributed by atoms with Crippen molar-refractivity contribution in [1.29, 1.82) is 0 Å². The summed E-state index contributed by atoms with van der Waals surface area (Å²) in [5, 5.41) is 7.17. The number of urea groups is 1. The third kappa shape index (κ3) is 3.50. The van der Waals surface area contributed by atoms with Gasteiger partial charge in [0.15, 0.2) is 0 Å². The molecule has 3 amide bonds. The van der Waals surface area contributed by atoms with Gasteiger partial charge in [-0.15, -0.1) is 0 Å². The average Bonchev–Trinajstić information content (AvgIpc) is 3.20. The number of carbonyl (C=O) groups excluding carboxylic acids is 2. The van der Waals surface area contributed by atoms with E-state index in [0.717, 1.165) is 19.6 Å². The van der Waals surface area contributed by atoms with Gasteiger partial charge in [0.1, 0.15) is 6.04 Å². The summed E-state index contributed by atoms with van der Waals surface area (Å²) < 4.78 is 0. The van der Waals surface area contributed by atoms with E-state index in [1.165, 1.54) is 5.56 Å². The standard InChI is InChI=1S/C16H24N4O2S/c1-12(13-4-10-23-11-13)19-6-8-20(9-7-19)16(22)17-14-3-5-18(2)15(14)21/h4,10-12,14H,3,5-9H2,1-2H3,(H,17,22). The van der Waals surface area contributed by atoms with E-state index < -0.39 is 0 Å². The number of rotatable bonds is 3. The van der Waals surface area contributed by atoms with Crippen molar-refractivity contribution in [3.8, 4) is 0 Å². The molecule has 7 heteroatoms. The number of hydrogen-bond donors (Lipinski definition) is 1. The number of hydrogen-bond acceptors (Lipinski definition) is 4. The molecule has 3 heterocycles. The Balaban J connectivity index is 1.49. The van der Waals surface area contributed by atoms with Gasteiger partial charge in [-0.3, -0.25) is 9.69 Å². The third-order valence-electron chi connectivity index (χ3n) is 4.90. The van der Waals surface area contributed by atoms with E-state index in [0.29, 0.717) is 25.6 Å². The second-order valence-corrected chi connectivity index (χ2v) is 7.09. The lowest BCUT2D eigenvalue weighted by Crippen LogP contribution is -2.54. The molecule has 1 aromatic rings. The molecule has 0 saturated carbocycles. The molecule has 0 spiro atoms. The zero-order chi connectivity index (χ0) is 16.4. The first kappa shape index (κ1) is 16.3. The Bertz CT molecular complexity index is 554. The summed E-state index contributed by atoms with van der Waals surface area (Å²) in [6.45, 7) is 6.07. The van der Waals surface area contributed by atoms with Gasteiger partial charge in [-0.2, -0.15) is 11.3 Å². The third-order valence-corrected chi connectivity index (χ3v) is 5.60. The highest BCUT2D eigenvalue weighted by molar-refractivity contribution is 7.07. The summed E-state index contributed by atoms with van der Waals surface area (Å²) in [7, 11) is 1.78. The maximum atomic E-state index is 12.3. The first-order valence-electron chi connectivity index (χ1n) is 8.13. The highest BCUT2D eigenvalue weighted by Gasteiger charge is 2.32. The van der Waals surface area contributed by atoms with E-state index >= 15 is 0 Å². The molecule has 0 aliphatic carbocycles. The lowest BCUT2D eigenvalue weighted by Gasteiger charge is -2.38. The van der Waals surface area contributed by atoms with Crippen LogP contribution in [0.4, 0.5) is 4.79 Å². The Labute approximate surface area is 141 Å². The Morgan fingerprint density at radius 3 is 2.61 bits per heavy atom. The van der Waals surface area contributed by atoms with E-state index in [1.807, 2.05) is 4.90 Å². The molecule has 23 heavy (non-hydrogen) atoms. The van der Waals surface area contributed by atoms with Crippen molar-refractivity contribution in [2.75, 3.05) is 39.8 Å². The summed E-state index contributed by atoms with van der Waals surface area (Å²) >= 11 is 1.72. The van der Waals surface area contributed by atoms with Gasteiger partial charge in [-0.05, 0) is 35.7 Å². The van der Waals surface area contributed by atoms with Crippen LogP contribution in [0.3, 0.4) is 0 Å². The molecule has 2 aliphatic heterocycles. The largest absolute Gasteiger partial charge is 0.344 e. The molecule has 0 aromatic carbocycles. The molecule has 1 N–H and O–H groups in total. The zero-order valence-corrected chi connectivity index (χ0v) is 14.5. The Morgan fingerprint density at radius 2 is 2.04 bits per heavy atom. The van der Waals surface area contributed by atoms with E-state index in [1.54, 1.807) is 23.3 Å². The highest BCUT2D eigenvalue weighted by atomic mass is 32.1. The molecule has 0 bridgehead atoms. The van der Waals surface area contributed by atoms with Crippen molar-refractivity contribution in [3.05, 3.63) is 22.4 Å². The smallest absolute Gasteiger partial charge is 0.318 e. The van der Waals surface area contributed by atoms with Crippen molar-refractivity contribution >= 4 is 23.3 Å². The molecule has 3 rings (SSSR count). The zero-order valence-electron chi connectivity index (χ0n) is 13.7. The SMILES string of the molecule is CC(c1ccsc1)N1CCN(C(=O)NC2CCN(C)C2=O)CC1. The normalized spacial score (nSPS) is 24.1. The van der Waals surface area contributed by atoms with Gasteiger partial charge < -0.3 is 15.1 Å². The van der Waals surface area contributed by atoms with Crippen LogP contribution in [0.5, 0.6) is 0 Å². The van der Waals surface area contributed by atoms with Crippen LogP contribution < -0.4 is 5.32 Å². The van der Waals surface area contributed by atoms with Gasteiger partial charge in [-0.25, -0.2) is 4.79 Å². The van der Waals surface area contributed by atoms with Gasteiger partial charge in [0, 0.05) is 45.8 Å². The van der Waals surface area contributed by atoms with Crippen molar-refractivity contribution in [1.82, 2.24) is 20.0 Å². The van der Waals surface area contributed by atoms with Crippen LogP contribution in [0, 0.1) is 0 Å². The van der Waals surface area contributed by atoms with Crippen molar-refractivity contribution in [2.45, 2.75) is 25.4 Å². The number of piperazine rings is 1. The lowest BCUT2D eigenvalue weighted by molar-refractivity contribution is -0.128. The molecular formula is C16H24N4O2S. The minimum absolute atomic E-state index is 0.0167. The van der Waals surface area contributed by atoms with Crippen LogP contribution in [0.15, 0.2) is 16.8 Å². The number of nitrogens with zero attached hydrogens (tertiary/aromatic N) is 3. The summed E-state index contributed by atoms with van der Waals surface area (Å²) in [5.74, 6) is 0.0167. The molecular weight excluding hydrogens is 312 g/mol. The van der Waals surface area contributed by atoms with Gasteiger partial charge in [-0.1, -0.05) is 0 Å². The molecule has 6 nitrogen and oxygen atoms in total. The van der Waals surface area contributed by atoms with Crippen LogP contribution in [0.2, 0.25) is 0 Å². The Kier molecular flexibility index (Phi) is 4.87. The number of amides is 3. The number of likely N-dealkylation sites (N-methyl/N-ethyl adjacent to an activating group) is 1. The van der Waals surface area contributed by atoms with Gasteiger partial charge in [0.05, 0.1) is 0 Å². The fourth-order valence-electron chi connectivity index (χ4n) is 3.23. The minimum atomic E-state index is -0.352. The van der Waals surface area contributed by atoms with E-state index in [-0.39, 0.29) is 18.0 Å². The quantitative estimate of drug-likeness (QED) is 0.907. The highest BCUT2D eigenvalue weighted by Crippen LogP contribution is 2.23. The van der Waals surface area contributed by atoms with Gasteiger partial charge in [0.2, 0.25) is 5.91 Å². The summed E-state index contributed by atoms with van der Waals surface area (Å²) in [4.78, 5) is 30.1. The fraction of sp³-hybridized carbons (Fsp3) is 0.625. The predicted molar refractivity (Wildman–Crippen MR) is 90.5 cm³/mol. The second kappa shape index (κ2) is 6.88.